The minimum absolute atomic E-state index is 0.0417. The van der Waals surface area contributed by atoms with Crippen molar-refractivity contribution in [2.75, 3.05) is 6.54 Å². The van der Waals surface area contributed by atoms with Crippen LogP contribution >= 0.6 is 0 Å². The van der Waals surface area contributed by atoms with Crippen LogP contribution in [0.1, 0.15) is 35.3 Å². The lowest BCUT2D eigenvalue weighted by Gasteiger charge is -2.20. The molecule has 3 rings (SSSR count). The fourth-order valence-electron chi connectivity index (χ4n) is 3.33. The molecule has 1 fully saturated rings. The van der Waals surface area contributed by atoms with Crippen LogP contribution in [0.2, 0.25) is 0 Å². The van der Waals surface area contributed by atoms with E-state index < -0.39 is 0 Å². The van der Waals surface area contributed by atoms with E-state index in [1.165, 1.54) is 0 Å². The standard InChI is InChI=1S/C19H23N3O/c1-13-16(19(23)22-17-9-5-8-15(17)12-20)10-11-18(21-13)14-6-3-2-4-7-14/h2-4,6-7,10-11,15,17H,5,8-9,12,20H2,1H3,(H,22,23). The zero-order valence-electron chi connectivity index (χ0n) is 13.5. The first kappa shape index (κ1) is 15.7. The Bertz CT molecular complexity index is 684. The van der Waals surface area contributed by atoms with Crippen LogP contribution in [0.25, 0.3) is 11.3 Å². The fraction of sp³-hybridized carbons (Fsp3) is 0.368. The Morgan fingerprint density at radius 1 is 1.22 bits per heavy atom. The highest BCUT2D eigenvalue weighted by Gasteiger charge is 2.28. The van der Waals surface area contributed by atoms with Crippen LogP contribution < -0.4 is 11.1 Å². The molecule has 2 unspecified atom stereocenters. The Kier molecular flexibility index (Phi) is 4.72. The molecule has 1 aliphatic rings. The lowest BCUT2D eigenvalue weighted by atomic mass is 10.0. The van der Waals surface area contributed by atoms with Crippen molar-refractivity contribution < 1.29 is 4.79 Å². The molecule has 3 N–H and O–H groups in total. The number of nitrogens with zero attached hydrogens (tertiary/aromatic N) is 1. The van der Waals surface area contributed by atoms with Crippen LogP contribution in [0, 0.1) is 12.8 Å². The van der Waals surface area contributed by atoms with E-state index in [2.05, 4.69) is 10.3 Å². The summed E-state index contributed by atoms with van der Waals surface area (Å²) in [5.41, 5.74) is 9.14. The van der Waals surface area contributed by atoms with Crippen LogP contribution in [0.3, 0.4) is 0 Å². The number of amides is 1. The van der Waals surface area contributed by atoms with E-state index in [1.54, 1.807) is 0 Å². The maximum absolute atomic E-state index is 12.5. The number of rotatable bonds is 4. The van der Waals surface area contributed by atoms with Gasteiger partial charge in [0.25, 0.3) is 5.91 Å². The minimum Gasteiger partial charge on any atom is -0.349 e. The van der Waals surface area contributed by atoms with Gasteiger partial charge in [-0.3, -0.25) is 9.78 Å². The van der Waals surface area contributed by atoms with Crippen molar-refractivity contribution in [2.45, 2.75) is 32.2 Å². The van der Waals surface area contributed by atoms with Gasteiger partial charge in [-0.25, -0.2) is 0 Å². The molecule has 0 bridgehead atoms. The summed E-state index contributed by atoms with van der Waals surface area (Å²) in [6.07, 6.45) is 3.25. The zero-order valence-corrected chi connectivity index (χ0v) is 13.5. The van der Waals surface area contributed by atoms with Gasteiger partial charge in [0.05, 0.1) is 17.0 Å². The third-order valence-electron chi connectivity index (χ3n) is 4.68. The molecule has 4 nitrogen and oxygen atoms in total. The predicted molar refractivity (Wildman–Crippen MR) is 92.1 cm³/mol. The van der Waals surface area contributed by atoms with Crippen molar-refractivity contribution in [1.29, 1.82) is 0 Å². The molecule has 120 valence electrons. The van der Waals surface area contributed by atoms with Crippen LogP contribution in [-0.2, 0) is 0 Å². The van der Waals surface area contributed by atoms with E-state index in [0.717, 1.165) is 36.2 Å². The summed E-state index contributed by atoms with van der Waals surface area (Å²) in [7, 11) is 0. The van der Waals surface area contributed by atoms with Gasteiger partial charge >= 0.3 is 0 Å². The first-order valence-corrected chi connectivity index (χ1v) is 8.23. The molecule has 0 saturated heterocycles. The van der Waals surface area contributed by atoms with Crippen LogP contribution in [0.5, 0.6) is 0 Å². The smallest absolute Gasteiger partial charge is 0.253 e. The summed E-state index contributed by atoms with van der Waals surface area (Å²) < 4.78 is 0. The van der Waals surface area contributed by atoms with Gasteiger partial charge in [-0.1, -0.05) is 36.8 Å². The summed E-state index contributed by atoms with van der Waals surface area (Å²) >= 11 is 0. The third kappa shape index (κ3) is 3.42. The SMILES string of the molecule is Cc1nc(-c2ccccc2)ccc1C(=O)NC1CCCC1CN. The maximum atomic E-state index is 12.5. The van der Waals surface area contributed by atoms with Crippen molar-refractivity contribution >= 4 is 5.91 Å². The summed E-state index contributed by atoms with van der Waals surface area (Å²) in [5, 5.41) is 3.14. The number of nitrogens with one attached hydrogen (secondary N) is 1. The highest BCUT2D eigenvalue weighted by atomic mass is 16.1. The van der Waals surface area contributed by atoms with Crippen molar-refractivity contribution in [3.8, 4) is 11.3 Å². The van der Waals surface area contributed by atoms with Crippen molar-refractivity contribution in [2.24, 2.45) is 11.7 Å². The number of carbonyl (C=O) groups is 1. The normalized spacial score (nSPS) is 20.4. The number of nitrogens with two attached hydrogens (primary N) is 1. The first-order chi connectivity index (χ1) is 11.2. The van der Waals surface area contributed by atoms with Crippen molar-refractivity contribution in [3.63, 3.8) is 0 Å². The lowest BCUT2D eigenvalue weighted by Crippen LogP contribution is -2.40. The van der Waals surface area contributed by atoms with E-state index in [9.17, 15) is 4.79 Å². The fourth-order valence-corrected chi connectivity index (χ4v) is 3.33. The molecule has 23 heavy (non-hydrogen) atoms. The topological polar surface area (TPSA) is 68.0 Å². The van der Waals surface area contributed by atoms with E-state index in [4.69, 9.17) is 5.73 Å². The second-order valence-corrected chi connectivity index (χ2v) is 6.20. The first-order valence-electron chi connectivity index (χ1n) is 8.23. The van der Waals surface area contributed by atoms with Crippen LogP contribution in [-0.4, -0.2) is 23.5 Å². The van der Waals surface area contributed by atoms with Crippen molar-refractivity contribution in [3.05, 3.63) is 53.7 Å². The molecule has 1 amide bonds. The van der Waals surface area contributed by atoms with Gasteiger partial charge in [0, 0.05) is 11.6 Å². The summed E-state index contributed by atoms with van der Waals surface area (Å²) in [6.45, 7) is 2.52. The minimum atomic E-state index is -0.0417. The van der Waals surface area contributed by atoms with Crippen molar-refractivity contribution in [1.82, 2.24) is 10.3 Å². The van der Waals surface area contributed by atoms with E-state index in [-0.39, 0.29) is 11.9 Å². The van der Waals surface area contributed by atoms with Gasteiger partial charge in [0.2, 0.25) is 0 Å². The van der Waals surface area contributed by atoms with Gasteiger partial charge < -0.3 is 11.1 Å². The number of benzene rings is 1. The number of hydrogen-bond acceptors (Lipinski definition) is 3. The number of hydrogen-bond donors (Lipinski definition) is 2. The molecule has 1 saturated carbocycles. The Hall–Kier alpha value is -2.20. The Morgan fingerprint density at radius 3 is 2.70 bits per heavy atom. The number of carbonyl (C=O) groups excluding carboxylic acids is 1. The Labute approximate surface area is 137 Å². The van der Waals surface area contributed by atoms with Gasteiger partial charge in [-0.05, 0) is 44.4 Å². The summed E-state index contributed by atoms with van der Waals surface area (Å²) in [6, 6.07) is 14.0. The van der Waals surface area contributed by atoms with Gasteiger partial charge in [-0.2, -0.15) is 0 Å². The molecule has 0 spiro atoms. The maximum Gasteiger partial charge on any atom is 0.253 e. The van der Waals surface area contributed by atoms with E-state index in [0.29, 0.717) is 18.0 Å². The lowest BCUT2D eigenvalue weighted by molar-refractivity contribution is 0.0928. The zero-order chi connectivity index (χ0) is 16.2. The number of aryl methyl sites for hydroxylation is 1. The molecule has 2 aromatic rings. The quantitative estimate of drug-likeness (QED) is 0.912. The molecular weight excluding hydrogens is 286 g/mol. The van der Waals surface area contributed by atoms with E-state index >= 15 is 0 Å². The number of pyridine rings is 1. The van der Waals surface area contributed by atoms with Gasteiger partial charge in [0.1, 0.15) is 0 Å². The molecule has 1 aromatic heterocycles. The largest absolute Gasteiger partial charge is 0.349 e. The van der Waals surface area contributed by atoms with Crippen LogP contribution in [0.4, 0.5) is 0 Å². The molecular formula is C19H23N3O. The second-order valence-electron chi connectivity index (χ2n) is 6.20. The Morgan fingerprint density at radius 2 is 2.00 bits per heavy atom. The molecule has 0 radical (unpaired) electrons. The highest BCUT2D eigenvalue weighted by Crippen LogP contribution is 2.25. The summed E-state index contributed by atoms with van der Waals surface area (Å²) in [4.78, 5) is 17.1. The average molecular weight is 309 g/mol. The molecule has 1 heterocycles. The number of aromatic nitrogens is 1. The van der Waals surface area contributed by atoms with Gasteiger partial charge in [-0.15, -0.1) is 0 Å². The Balaban J connectivity index is 1.77. The predicted octanol–water partition coefficient (Wildman–Crippen LogP) is 2.91. The van der Waals surface area contributed by atoms with E-state index in [1.807, 2.05) is 49.4 Å². The highest BCUT2D eigenvalue weighted by molar-refractivity contribution is 5.95. The third-order valence-corrected chi connectivity index (χ3v) is 4.68. The van der Waals surface area contributed by atoms with Crippen LogP contribution in [0.15, 0.2) is 42.5 Å². The molecule has 1 aliphatic carbocycles. The molecule has 0 aliphatic heterocycles. The second kappa shape index (κ2) is 6.92. The monoisotopic (exact) mass is 309 g/mol. The molecule has 2 atom stereocenters. The molecule has 4 heteroatoms. The molecule has 1 aromatic carbocycles. The summed E-state index contributed by atoms with van der Waals surface area (Å²) in [5.74, 6) is 0.357. The average Bonchev–Trinajstić information content (AvgIpc) is 3.02. The van der Waals surface area contributed by atoms with Gasteiger partial charge in [0.15, 0.2) is 0 Å².